The summed E-state index contributed by atoms with van der Waals surface area (Å²) in [7, 11) is -3.83. The van der Waals surface area contributed by atoms with Gasteiger partial charge in [-0.25, -0.2) is 13.4 Å². The summed E-state index contributed by atoms with van der Waals surface area (Å²) in [5.41, 5.74) is 3.02. The summed E-state index contributed by atoms with van der Waals surface area (Å²) in [5.74, 6) is -0.362. The smallest absolute Gasteiger partial charge is 0.261 e. The van der Waals surface area contributed by atoms with Gasteiger partial charge in [0.05, 0.1) is 15.1 Å². The van der Waals surface area contributed by atoms with Gasteiger partial charge in [0.1, 0.15) is 5.01 Å². The molecule has 1 aromatic heterocycles. The third-order valence-electron chi connectivity index (χ3n) is 5.16. The standard InChI is InChI=1S/C26H18ClN3O3S2/c27-19-11-13-22(14-12-19)35(32,33)30-21-8-3-5-17(15-21)25(31)28-20-7-4-6-18(16-20)26-29-23-9-1-2-10-24(23)34-26/h1-16,30H,(H,28,31). The van der Waals surface area contributed by atoms with Crippen LogP contribution in [0.25, 0.3) is 20.8 Å². The molecule has 35 heavy (non-hydrogen) atoms. The second-order valence-corrected chi connectivity index (χ2v) is 10.8. The van der Waals surface area contributed by atoms with Crippen LogP contribution in [0, 0.1) is 0 Å². The highest BCUT2D eigenvalue weighted by atomic mass is 35.5. The van der Waals surface area contributed by atoms with Crippen LogP contribution < -0.4 is 10.0 Å². The number of nitrogens with zero attached hydrogens (tertiary/aromatic N) is 1. The van der Waals surface area contributed by atoms with Crippen molar-refractivity contribution < 1.29 is 13.2 Å². The minimum absolute atomic E-state index is 0.0726. The van der Waals surface area contributed by atoms with Crippen LogP contribution in [0.1, 0.15) is 10.4 Å². The van der Waals surface area contributed by atoms with Crippen LogP contribution in [0.4, 0.5) is 11.4 Å². The Hall–Kier alpha value is -3.72. The number of para-hydroxylation sites is 1. The van der Waals surface area contributed by atoms with Crippen molar-refractivity contribution in [1.82, 2.24) is 4.98 Å². The predicted octanol–water partition coefficient (Wildman–Crippen LogP) is 6.67. The SMILES string of the molecule is O=C(Nc1cccc(-c2nc3ccccc3s2)c1)c1cccc(NS(=O)(=O)c2ccc(Cl)cc2)c1. The predicted molar refractivity (Wildman–Crippen MR) is 142 cm³/mol. The third-order valence-corrected chi connectivity index (χ3v) is 7.90. The first-order valence-electron chi connectivity index (χ1n) is 10.5. The molecule has 0 aliphatic heterocycles. The molecule has 1 amide bonds. The maximum atomic E-state index is 12.9. The lowest BCUT2D eigenvalue weighted by Crippen LogP contribution is -2.15. The van der Waals surface area contributed by atoms with Crippen molar-refractivity contribution in [3.8, 4) is 10.6 Å². The number of amides is 1. The Morgan fingerprint density at radius 1 is 0.829 bits per heavy atom. The van der Waals surface area contributed by atoms with Crippen molar-refractivity contribution >= 4 is 60.5 Å². The first-order valence-corrected chi connectivity index (χ1v) is 13.2. The highest BCUT2D eigenvalue weighted by molar-refractivity contribution is 7.92. The van der Waals surface area contributed by atoms with E-state index in [2.05, 4.69) is 15.0 Å². The molecule has 0 unspecified atom stereocenters. The molecule has 0 fully saturated rings. The van der Waals surface area contributed by atoms with Crippen LogP contribution >= 0.6 is 22.9 Å². The Bertz CT molecular complexity index is 1620. The Morgan fingerprint density at radius 3 is 2.37 bits per heavy atom. The minimum atomic E-state index is -3.83. The highest BCUT2D eigenvalue weighted by Crippen LogP contribution is 2.31. The molecule has 0 saturated heterocycles. The van der Waals surface area contributed by atoms with Crippen LogP contribution in [0.2, 0.25) is 5.02 Å². The molecule has 174 valence electrons. The zero-order valence-electron chi connectivity index (χ0n) is 18.1. The molecular weight excluding hydrogens is 502 g/mol. The van der Waals surface area contributed by atoms with E-state index < -0.39 is 10.0 Å². The van der Waals surface area contributed by atoms with E-state index in [0.29, 0.717) is 16.3 Å². The van der Waals surface area contributed by atoms with Gasteiger partial charge in [-0.05, 0) is 66.7 Å². The monoisotopic (exact) mass is 519 g/mol. The van der Waals surface area contributed by atoms with Gasteiger partial charge in [-0.3, -0.25) is 9.52 Å². The number of hydrogen-bond acceptors (Lipinski definition) is 5. The molecule has 0 aliphatic rings. The second-order valence-electron chi connectivity index (χ2n) is 7.66. The van der Waals surface area contributed by atoms with Gasteiger partial charge in [0.25, 0.3) is 15.9 Å². The Kier molecular flexibility index (Phi) is 6.25. The summed E-state index contributed by atoms with van der Waals surface area (Å²) in [6.45, 7) is 0. The average Bonchev–Trinajstić information content (AvgIpc) is 3.29. The Balaban J connectivity index is 1.34. The van der Waals surface area contributed by atoms with Gasteiger partial charge in [0.15, 0.2) is 0 Å². The number of hydrogen-bond donors (Lipinski definition) is 2. The molecule has 9 heteroatoms. The molecule has 0 atom stereocenters. The van der Waals surface area contributed by atoms with Gasteiger partial charge in [-0.15, -0.1) is 11.3 Å². The molecule has 1 heterocycles. The van der Waals surface area contributed by atoms with E-state index in [4.69, 9.17) is 11.6 Å². The van der Waals surface area contributed by atoms with Crippen molar-refractivity contribution in [3.63, 3.8) is 0 Å². The Labute approximate surface area is 211 Å². The number of halogens is 1. The third kappa shape index (κ3) is 5.19. The zero-order chi connectivity index (χ0) is 24.4. The number of benzene rings is 4. The number of carbonyl (C=O) groups is 1. The first kappa shape index (κ1) is 23.0. The summed E-state index contributed by atoms with van der Waals surface area (Å²) in [6, 6.07) is 27.5. The fourth-order valence-corrected chi connectivity index (χ4v) is 5.62. The van der Waals surface area contributed by atoms with E-state index in [1.165, 1.54) is 30.3 Å². The molecule has 0 radical (unpaired) electrons. The van der Waals surface area contributed by atoms with E-state index in [1.807, 2.05) is 42.5 Å². The van der Waals surface area contributed by atoms with Crippen molar-refractivity contribution in [3.05, 3.63) is 108 Å². The van der Waals surface area contributed by atoms with E-state index in [0.717, 1.165) is 20.8 Å². The van der Waals surface area contributed by atoms with Crippen LogP contribution in [-0.2, 0) is 10.0 Å². The number of fused-ring (bicyclic) bond motifs is 1. The maximum absolute atomic E-state index is 12.9. The number of thiazole rings is 1. The van der Waals surface area contributed by atoms with Crippen molar-refractivity contribution in [2.45, 2.75) is 4.90 Å². The summed E-state index contributed by atoms with van der Waals surface area (Å²) in [6.07, 6.45) is 0. The van der Waals surface area contributed by atoms with Crippen molar-refractivity contribution in [2.24, 2.45) is 0 Å². The molecule has 5 rings (SSSR count). The molecule has 0 bridgehead atoms. The molecule has 4 aromatic carbocycles. The van der Waals surface area contributed by atoms with Gasteiger partial charge >= 0.3 is 0 Å². The number of anilines is 2. The summed E-state index contributed by atoms with van der Waals surface area (Å²) >= 11 is 7.43. The molecule has 6 nitrogen and oxygen atoms in total. The zero-order valence-corrected chi connectivity index (χ0v) is 20.5. The topological polar surface area (TPSA) is 88.2 Å². The van der Waals surface area contributed by atoms with Crippen LogP contribution in [-0.4, -0.2) is 19.3 Å². The lowest BCUT2D eigenvalue weighted by Gasteiger charge is -2.10. The molecule has 5 aromatic rings. The van der Waals surface area contributed by atoms with Gasteiger partial charge in [0, 0.05) is 27.5 Å². The molecule has 0 saturated carbocycles. The lowest BCUT2D eigenvalue weighted by molar-refractivity contribution is 0.102. The van der Waals surface area contributed by atoms with E-state index in [1.54, 1.807) is 35.6 Å². The van der Waals surface area contributed by atoms with Crippen molar-refractivity contribution in [2.75, 3.05) is 10.0 Å². The van der Waals surface area contributed by atoms with Gasteiger partial charge in [-0.2, -0.15) is 0 Å². The minimum Gasteiger partial charge on any atom is -0.322 e. The van der Waals surface area contributed by atoms with Crippen LogP contribution in [0.3, 0.4) is 0 Å². The Morgan fingerprint density at radius 2 is 1.57 bits per heavy atom. The number of rotatable bonds is 6. The van der Waals surface area contributed by atoms with Gasteiger partial charge < -0.3 is 5.32 Å². The number of nitrogens with one attached hydrogen (secondary N) is 2. The van der Waals surface area contributed by atoms with Crippen molar-refractivity contribution in [1.29, 1.82) is 0 Å². The number of aromatic nitrogens is 1. The van der Waals surface area contributed by atoms with Gasteiger partial charge in [-0.1, -0.05) is 41.9 Å². The largest absolute Gasteiger partial charge is 0.322 e. The van der Waals surface area contributed by atoms with Crippen LogP contribution in [0.5, 0.6) is 0 Å². The maximum Gasteiger partial charge on any atom is 0.261 e. The molecule has 2 N–H and O–H groups in total. The quantitative estimate of drug-likeness (QED) is 0.262. The summed E-state index contributed by atoms with van der Waals surface area (Å²) in [5, 5.41) is 4.18. The van der Waals surface area contributed by atoms with Crippen LogP contribution in [0.15, 0.2) is 102 Å². The summed E-state index contributed by atoms with van der Waals surface area (Å²) < 4.78 is 28.9. The van der Waals surface area contributed by atoms with E-state index in [9.17, 15) is 13.2 Å². The fourth-order valence-electron chi connectivity index (χ4n) is 3.48. The van der Waals surface area contributed by atoms with E-state index >= 15 is 0 Å². The van der Waals surface area contributed by atoms with Gasteiger partial charge in [0.2, 0.25) is 0 Å². The average molecular weight is 520 g/mol. The highest BCUT2D eigenvalue weighted by Gasteiger charge is 2.15. The normalized spacial score (nSPS) is 11.3. The second kappa shape index (κ2) is 9.50. The fraction of sp³-hybridized carbons (Fsp3) is 0. The molecule has 0 aliphatic carbocycles. The summed E-state index contributed by atoms with van der Waals surface area (Å²) in [4.78, 5) is 17.7. The lowest BCUT2D eigenvalue weighted by atomic mass is 10.1. The molecular formula is C26H18ClN3O3S2. The van der Waals surface area contributed by atoms with E-state index in [-0.39, 0.29) is 16.5 Å². The number of carbonyl (C=O) groups excluding carboxylic acids is 1. The number of sulfonamides is 1. The first-order chi connectivity index (χ1) is 16.9. The molecule has 0 spiro atoms.